The number of carbonyl (C=O) groups excluding carboxylic acids is 1. The van der Waals surface area contributed by atoms with Crippen LogP contribution in [-0.4, -0.2) is 27.7 Å². The Morgan fingerprint density at radius 3 is 2.89 bits per heavy atom. The van der Waals surface area contributed by atoms with Gasteiger partial charge >= 0.3 is 5.43 Å². The number of ether oxygens (including phenoxy) is 1. The fraction of sp³-hybridized carbons (Fsp3) is 0.333. The first-order valence-electron chi connectivity index (χ1n) is 4.82. The topological polar surface area (TPSA) is 82.3 Å². The molecule has 1 heterocycles. The molecule has 1 aromatic rings. The summed E-state index contributed by atoms with van der Waals surface area (Å²) >= 11 is 4.99. The molecule has 1 aromatic heterocycles. The predicted molar refractivity (Wildman–Crippen MR) is 71.0 cm³/mol. The number of aromatic nitrogens is 1. The van der Waals surface area contributed by atoms with E-state index < -0.39 is 10.4 Å². The number of carbonyl (C=O) groups is 1. The van der Waals surface area contributed by atoms with Gasteiger partial charge in [-0.15, -0.1) is 0 Å². The Hall–Kier alpha value is -0.990. The molecule has 0 aliphatic heterocycles. The van der Waals surface area contributed by atoms with Gasteiger partial charge in [0.15, 0.2) is 0 Å². The molecule has 0 aromatic carbocycles. The molecule has 0 fully saturated rings. The average Bonchev–Trinajstić information content (AvgIpc) is 2.34. The molecule has 0 amide bonds. The molecule has 0 radical (unpaired) electrons. The minimum atomic E-state index is -0.801. The maximum absolute atomic E-state index is 10.4. The van der Waals surface area contributed by atoms with Gasteiger partial charge in [-0.1, -0.05) is 10.8 Å². The lowest BCUT2D eigenvalue weighted by atomic mass is 10.4. The van der Waals surface area contributed by atoms with E-state index in [1.165, 1.54) is 33.9 Å². The number of nitro groups is 1. The highest BCUT2D eigenvalue weighted by Gasteiger charge is 2.05. The second kappa shape index (κ2) is 8.17. The van der Waals surface area contributed by atoms with Crippen LogP contribution in [0.4, 0.5) is 10.5 Å². The van der Waals surface area contributed by atoms with Crippen molar-refractivity contribution in [1.82, 2.24) is 4.98 Å². The van der Waals surface area contributed by atoms with Gasteiger partial charge in [0.25, 0.3) is 5.69 Å². The standard InChI is InChI=1S/C9H9ClN2O4S2/c10-9(13)16-4-1-5-17-18-8-3-2-7(6-11-8)12(14)15/h2-3,6H,1,4-5H2. The number of hydrogen-bond acceptors (Lipinski definition) is 7. The van der Waals surface area contributed by atoms with E-state index in [0.717, 1.165) is 5.75 Å². The van der Waals surface area contributed by atoms with Crippen LogP contribution >= 0.6 is 33.2 Å². The monoisotopic (exact) mass is 308 g/mol. The molecule has 0 bridgehead atoms. The minimum Gasteiger partial charge on any atom is -0.454 e. The molecule has 98 valence electrons. The molecule has 9 heteroatoms. The summed E-state index contributed by atoms with van der Waals surface area (Å²) in [6, 6.07) is 3.00. The zero-order chi connectivity index (χ0) is 13.4. The highest BCUT2D eigenvalue weighted by Crippen LogP contribution is 2.30. The number of rotatable bonds is 7. The first-order valence-corrected chi connectivity index (χ1v) is 7.51. The summed E-state index contributed by atoms with van der Waals surface area (Å²) in [5.74, 6) is 0.757. The third kappa shape index (κ3) is 6.08. The van der Waals surface area contributed by atoms with Crippen LogP contribution in [-0.2, 0) is 4.74 Å². The van der Waals surface area contributed by atoms with Gasteiger partial charge in [0.2, 0.25) is 0 Å². The van der Waals surface area contributed by atoms with E-state index in [1.54, 1.807) is 6.07 Å². The lowest BCUT2D eigenvalue weighted by molar-refractivity contribution is -0.385. The van der Waals surface area contributed by atoms with Crippen LogP contribution in [0.2, 0.25) is 0 Å². The van der Waals surface area contributed by atoms with Gasteiger partial charge in [-0.2, -0.15) is 0 Å². The Morgan fingerprint density at radius 2 is 2.33 bits per heavy atom. The van der Waals surface area contributed by atoms with Crippen molar-refractivity contribution in [2.75, 3.05) is 12.4 Å². The van der Waals surface area contributed by atoms with Crippen LogP contribution in [0.3, 0.4) is 0 Å². The van der Waals surface area contributed by atoms with E-state index in [1.807, 2.05) is 0 Å². The second-order valence-electron chi connectivity index (χ2n) is 2.96. The third-order valence-electron chi connectivity index (χ3n) is 1.66. The molecule has 0 unspecified atom stereocenters. The van der Waals surface area contributed by atoms with Gasteiger partial charge in [0.1, 0.15) is 11.2 Å². The van der Waals surface area contributed by atoms with Crippen LogP contribution in [0.25, 0.3) is 0 Å². The summed E-state index contributed by atoms with van der Waals surface area (Å²) in [5, 5.41) is 11.1. The van der Waals surface area contributed by atoms with Crippen molar-refractivity contribution >= 4 is 44.3 Å². The lowest BCUT2D eigenvalue weighted by Gasteiger charge is -2.00. The summed E-state index contributed by atoms with van der Waals surface area (Å²) in [5.41, 5.74) is -0.830. The van der Waals surface area contributed by atoms with Crippen molar-refractivity contribution < 1.29 is 14.5 Å². The van der Waals surface area contributed by atoms with E-state index in [9.17, 15) is 14.9 Å². The Bertz CT molecular complexity index is 416. The molecule has 1 rings (SSSR count). The van der Waals surface area contributed by atoms with Gasteiger partial charge in [-0.05, 0) is 23.3 Å². The van der Waals surface area contributed by atoms with E-state index in [2.05, 4.69) is 9.72 Å². The maximum atomic E-state index is 10.4. The van der Waals surface area contributed by atoms with Crippen molar-refractivity contribution in [1.29, 1.82) is 0 Å². The molecule has 0 saturated carbocycles. The van der Waals surface area contributed by atoms with Gasteiger partial charge in [-0.3, -0.25) is 10.1 Å². The molecule has 0 atom stereocenters. The number of halogens is 1. The minimum absolute atomic E-state index is 0.0293. The maximum Gasteiger partial charge on any atom is 0.403 e. The van der Waals surface area contributed by atoms with E-state index in [0.29, 0.717) is 11.4 Å². The van der Waals surface area contributed by atoms with Crippen molar-refractivity contribution in [3.8, 4) is 0 Å². The van der Waals surface area contributed by atoms with Gasteiger partial charge in [0, 0.05) is 23.4 Å². The van der Waals surface area contributed by atoms with Crippen LogP contribution < -0.4 is 0 Å². The predicted octanol–water partition coefficient (Wildman–Crippen LogP) is 3.50. The van der Waals surface area contributed by atoms with Crippen molar-refractivity contribution in [2.45, 2.75) is 11.4 Å². The molecule has 0 N–H and O–H groups in total. The molecule has 18 heavy (non-hydrogen) atoms. The van der Waals surface area contributed by atoms with Crippen molar-refractivity contribution in [3.63, 3.8) is 0 Å². The Morgan fingerprint density at radius 1 is 1.56 bits per heavy atom. The van der Waals surface area contributed by atoms with Crippen LogP contribution in [0.5, 0.6) is 0 Å². The molecule has 0 saturated heterocycles. The lowest BCUT2D eigenvalue weighted by Crippen LogP contribution is -1.97. The zero-order valence-electron chi connectivity index (χ0n) is 9.08. The zero-order valence-corrected chi connectivity index (χ0v) is 11.5. The second-order valence-corrected chi connectivity index (χ2v) is 5.70. The third-order valence-corrected chi connectivity index (χ3v) is 4.12. The summed E-state index contributed by atoms with van der Waals surface area (Å²) < 4.78 is 4.55. The van der Waals surface area contributed by atoms with Crippen LogP contribution in [0.1, 0.15) is 6.42 Å². The summed E-state index contributed by atoms with van der Waals surface area (Å²) in [4.78, 5) is 24.1. The molecule has 0 spiro atoms. The van der Waals surface area contributed by atoms with E-state index in [4.69, 9.17) is 11.6 Å². The van der Waals surface area contributed by atoms with E-state index >= 15 is 0 Å². The number of hydrogen-bond donors (Lipinski definition) is 0. The largest absolute Gasteiger partial charge is 0.454 e. The van der Waals surface area contributed by atoms with Crippen molar-refractivity contribution in [3.05, 3.63) is 28.4 Å². The van der Waals surface area contributed by atoms with Gasteiger partial charge in [-0.25, -0.2) is 9.78 Å². The fourth-order valence-electron chi connectivity index (χ4n) is 0.902. The summed E-state index contributed by atoms with van der Waals surface area (Å²) in [6.45, 7) is 0.281. The highest BCUT2D eigenvalue weighted by molar-refractivity contribution is 8.76. The first-order chi connectivity index (χ1) is 8.59. The molecule has 0 aliphatic carbocycles. The molecular weight excluding hydrogens is 300 g/mol. The summed E-state index contributed by atoms with van der Waals surface area (Å²) in [7, 11) is 2.93. The van der Waals surface area contributed by atoms with Crippen LogP contribution in [0.15, 0.2) is 23.4 Å². The Balaban J connectivity index is 2.19. The number of nitrogens with zero attached hydrogens (tertiary/aromatic N) is 2. The van der Waals surface area contributed by atoms with Gasteiger partial charge in [0.05, 0.1) is 11.5 Å². The highest BCUT2D eigenvalue weighted by atomic mass is 35.5. The van der Waals surface area contributed by atoms with Gasteiger partial charge < -0.3 is 4.74 Å². The van der Waals surface area contributed by atoms with Crippen LogP contribution in [0, 0.1) is 10.1 Å². The first kappa shape index (κ1) is 15.1. The Kier molecular flexibility index (Phi) is 6.84. The van der Waals surface area contributed by atoms with E-state index in [-0.39, 0.29) is 12.3 Å². The number of pyridine rings is 1. The smallest absolute Gasteiger partial charge is 0.403 e. The molecule has 0 aliphatic rings. The fourth-order valence-corrected chi connectivity index (χ4v) is 2.90. The quantitative estimate of drug-likeness (QED) is 0.250. The average molecular weight is 309 g/mol. The molecular formula is C9H9ClN2O4S2. The Labute approximate surface area is 116 Å². The summed E-state index contributed by atoms with van der Waals surface area (Å²) in [6.07, 6.45) is 1.90. The van der Waals surface area contributed by atoms with Crippen molar-refractivity contribution in [2.24, 2.45) is 0 Å². The SMILES string of the molecule is O=C(Cl)OCCCSSc1ccc([N+](=O)[O-])cn1. The normalized spacial score (nSPS) is 10.1. The molecule has 6 nitrogen and oxygen atoms in total.